The number of aryl methyl sites for hydroxylation is 1. The van der Waals surface area contributed by atoms with Crippen LogP contribution in [-0.4, -0.2) is 38.9 Å². The van der Waals surface area contributed by atoms with E-state index in [0.29, 0.717) is 18.4 Å². The molecule has 7 nitrogen and oxygen atoms in total. The molecule has 0 saturated heterocycles. The molecular weight excluding hydrogens is 484 g/mol. The lowest BCUT2D eigenvalue weighted by Gasteiger charge is -2.13. The molecule has 4 aromatic rings. The van der Waals surface area contributed by atoms with Crippen LogP contribution in [0.1, 0.15) is 25.3 Å². The van der Waals surface area contributed by atoms with E-state index < -0.39 is 10.0 Å². The van der Waals surface area contributed by atoms with Crippen molar-refractivity contribution < 1.29 is 13.2 Å². The highest BCUT2D eigenvalue weighted by molar-refractivity contribution is 7.89. The van der Waals surface area contributed by atoms with E-state index in [1.807, 2.05) is 67.6 Å². The largest absolute Gasteiger partial charge is 0.326 e. The van der Waals surface area contributed by atoms with Crippen molar-refractivity contribution in [3.63, 3.8) is 0 Å². The number of anilines is 1. The molecule has 8 heteroatoms. The number of carbonyl (C=O) groups excluding carboxylic acids is 1. The maximum atomic E-state index is 13.2. The number of benzene rings is 3. The van der Waals surface area contributed by atoms with E-state index in [2.05, 4.69) is 20.3 Å². The first-order chi connectivity index (χ1) is 18.0. The van der Waals surface area contributed by atoms with Gasteiger partial charge in [-0.15, -0.1) is 0 Å². The molecule has 0 bridgehead atoms. The lowest BCUT2D eigenvalue weighted by atomic mass is 10.0. The number of hydrogen-bond acceptors (Lipinski definition) is 5. The van der Waals surface area contributed by atoms with Gasteiger partial charge in [-0.2, -0.15) is 0 Å². The van der Waals surface area contributed by atoms with Crippen molar-refractivity contribution in [1.29, 1.82) is 0 Å². The number of amides is 1. The lowest BCUT2D eigenvalue weighted by molar-refractivity contribution is -0.115. The molecule has 192 valence electrons. The Morgan fingerprint density at radius 2 is 1.68 bits per heavy atom. The molecule has 37 heavy (non-hydrogen) atoms. The molecule has 0 radical (unpaired) electrons. The van der Waals surface area contributed by atoms with Crippen LogP contribution in [0.2, 0.25) is 0 Å². The molecule has 0 aliphatic carbocycles. The fourth-order valence-electron chi connectivity index (χ4n) is 4.09. The number of rotatable bonds is 12. The van der Waals surface area contributed by atoms with Gasteiger partial charge in [0.2, 0.25) is 15.9 Å². The number of sulfonamides is 1. The summed E-state index contributed by atoms with van der Waals surface area (Å²) in [6.45, 7) is 3.41. The second-order valence-electron chi connectivity index (χ2n) is 8.79. The van der Waals surface area contributed by atoms with E-state index in [9.17, 15) is 13.2 Å². The third-order valence-electron chi connectivity index (χ3n) is 6.08. The molecule has 0 saturated carbocycles. The highest BCUT2D eigenvalue weighted by Gasteiger charge is 2.18. The van der Waals surface area contributed by atoms with Gasteiger partial charge in [-0.3, -0.25) is 9.78 Å². The average molecular weight is 517 g/mol. The SMILES string of the molecule is CCC(=O)Nc1ccc(CCCNCCNS(=O)(=O)c2cc(-c3ccccc3)cc3cnccc23)cc1. The summed E-state index contributed by atoms with van der Waals surface area (Å²) < 4.78 is 29.2. The van der Waals surface area contributed by atoms with Crippen LogP contribution in [-0.2, 0) is 21.2 Å². The molecule has 3 N–H and O–H groups in total. The van der Waals surface area contributed by atoms with Crippen molar-refractivity contribution in [3.8, 4) is 11.1 Å². The van der Waals surface area contributed by atoms with Crippen molar-refractivity contribution in [1.82, 2.24) is 15.0 Å². The summed E-state index contributed by atoms with van der Waals surface area (Å²) >= 11 is 0. The number of pyridine rings is 1. The fraction of sp³-hybridized carbons (Fsp3) is 0.241. The van der Waals surface area contributed by atoms with Crippen LogP contribution in [0.3, 0.4) is 0 Å². The van der Waals surface area contributed by atoms with Crippen molar-refractivity contribution in [3.05, 3.63) is 90.8 Å². The van der Waals surface area contributed by atoms with E-state index in [-0.39, 0.29) is 17.3 Å². The Bertz CT molecular complexity index is 1440. The third kappa shape index (κ3) is 7.22. The van der Waals surface area contributed by atoms with Crippen LogP contribution < -0.4 is 15.4 Å². The number of nitrogens with one attached hydrogen (secondary N) is 3. The quantitative estimate of drug-likeness (QED) is 0.236. The van der Waals surface area contributed by atoms with Gasteiger partial charge in [-0.25, -0.2) is 13.1 Å². The third-order valence-corrected chi connectivity index (χ3v) is 7.58. The number of aromatic nitrogens is 1. The van der Waals surface area contributed by atoms with Gasteiger partial charge in [-0.1, -0.05) is 49.4 Å². The van der Waals surface area contributed by atoms with E-state index in [0.717, 1.165) is 41.6 Å². The summed E-state index contributed by atoms with van der Waals surface area (Å²) in [5, 5.41) is 7.58. The molecule has 0 atom stereocenters. The van der Waals surface area contributed by atoms with Crippen molar-refractivity contribution in [2.45, 2.75) is 31.1 Å². The predicted molar refractivity (Wildman–Crippen MR) is 149 cm³/mol. The van der Waals surface area contributed by atoms with E-state index in [4.69, 9.17) is 0 Å². The molecule has 3 aromatic carbocycles. The second-order valence-corrected chi connectivity index (χ2v) is 10.5. The number of nitrogens with zero attached hydrogens (tertiary/aromatic N) is 1. The first kappa shape index (κ1) is 26.5. The van der Waals surface area contributed by atoms with E-state index in [1.165, 1.54) is 5.56 Å². The van der Waals surface area contributed by atoms with Crippen molar-refractivity contribution in [2.75, 3.05) is 25.0 Å². The smallest absolute Gasteiger partial charge is 0.241 e. The molecular formula is C29H32N4O3S. The van der Waals surface area contributed by atoms with Gasteiger partial charge >= 0.3 is 0 Å². The van der Waals surface area contributed by atoms with Crippen molar-refractivity contribution >= 4 is 32.4 Å². The van der Waals surface area contributed by atoms with Gasteiger partial charge in [0.05, 0.1) is 4.90 Å². The molecule has 0 fully saturated rings. The van der Waals surface area contributed by atoms with Crippen LogP contribution in [0.4, 0.5) is 5.69 Å². The standard InChI is InChI=1S/C29H32N4O3S/c1-2-29(34)33-26-12-10-22(11-13-26)7-6-15-30-17-18-32-37(35,36)28-20-24(23-8-4-3-5-9-23)19-25-21-31-16-14-27(25)28/h3-5,8-14,16,19-21,30,32H,2,6-7,15,17-18H2,1H3,(H,33,34). The fourth-order valence-corrected chi connectivity index (χ4v) is 5.38. The van der Waals surface area contributed by atoms with E-state index >= 15 is 0 Å². The highest BCUT2D eigenvalue weighted by atomic mass is 32.2. The van der Waals surface area contributed by atoms with Gasteiger partial charge in [0.1, 0.15) is 0 Å². The maximum absolute atomic E-state index is 13.2. The Labute approximate surface area is 218 Å². The van der Waals surface area contributed by atoms with Gasteiger partial charge in [0.15, 0.2) is 0 Å². The Kier molecular flexibility index (Phi) is 9.00. The molecule has 4 rings (SSSR count). The van der Waals surface area contributed by atoms with Gasteiger partial charge in [0.25, 0.3) is 0 Å². The topological polar surface area (TPSA) is 100 Å². The van der Waals surface area contributed by atoms with Crippen LogP contribution in [0, 0.1) is 0 Å². The Balaban J connectivity index is 1.29. The monoisotopic (exact) mass is 516 g/mol. The molecule has 1 amide bonds. The lowest BCUT2D eigenvalue weighted by Crippen LogP contribution is -2.32. The van der Waals surface area contributed by atoms with Crippen LogP contribution in [0.5, 0.6) is 0 Å². The maximum Gasteiger partial charge on any atom is 0.241 e. The Morgan fingerprint density at radius 3 is 2.43 bits per heavy atom. The minimum atomic E-state index is -3.72. The van der Waals surface area contributed by atoms with Gasteiger partial charge in [0, 0.05) is 48.4 Å². The molecule has 1 heterocycles. The average Bonchev–Trinajstić information content (AvgIpc) is 2.93. The number of fused-ring (bicyclic) bond motifs is 1. The summed E-state index contributed by atoms with van der Waals surface area (Å²) in [6.07, 6.45) is 5.58. The number of carbonyl (C=O) groups is 1. The minimum absolute atomic E-state index is 0.00154. The van der Waals surface area contributed by atoms with Crippen LogP contribution >= 0.6 is 0 Å². The zero-order valence-electron chi connectivity index (χ0n) is 20.9. The first-order valence-electron chi connectivity index (χ1n) is 12.5. The van der Waals surface area contributed by atoms with Gasteiger partial charge in [-0.05, 0) is 66.4 Å². The highest BCUT2D eigenvalue weighted by Crippen LogP contribution is 2.30. The van der Waals surface area contributed by atoms with E-state index in [1.54, 1.807) is 24.5 Å². The predicted octanol–water partition coefficient (Wildman–Crippen LogP) is 4.75. The Hall–Kier alpha value is -3.59. The molecule has 1 aromatic heterocycles. The number of hydrogen-bond donors (Lipinski definition) is 3. The molecule has 0 spiro atoms. The summed E-state index contributed by atoms with van der Waals surface area (Å²) in [5.41, 5.74) is 3.78. The summed E-state index contributed by atoms with van der Waals surface area (Å²) in [7, 11) is -3.72. The second kappa shape index (κ2) is 12.6. The van der Waals surface area contributed by atoms with Crippen LogP contribution in [0.25, 0.3) is 21.9 Å². The summed E-state index contributed by atoms with van der Waals surface area (Å²) in [6, 6.07) is 23.0. The van der Waals surface area contributed by atoms with Crippen molar-refractivity contribution in [2.24, 2.45) is 0 Å². The molecule has 0 aliphatic heterocycles. The zero-order valence-corrected chi connectivity index (χ0v) is 21.7. The summed E-state index contributed by atoms with van der Waals surface area (Å²) in [5.74, 6) is 0.00154. The Morgan fingerprint density at radius 1 is 0.892 bits per heavy atom. The first-order valence-corrected chi connectivity index (χ1v) is 14.0. The summed E-state index contributed by atoms with van der Waals surface area (Å²) in [4.78, 5) is 15.9. The normalized spacial score (nSPS) is 11.5. The zero-order chi connectivity index (χ0) is 26.1. The molecule has 0 aliphatic rings. The minimum Gasteiger partial charge on any atom is -0.326 e. The molecule has 0 unspecified atom stereocenters. The van der Waals surface area contributed by atoms with Crippen LogP contribution in [0.15, 0.2) is 90.1 Å². The van der Waals surface area contributed by atoms with Gasteiger partial charge < -0.3 is 10.6 Å².